The van der Waals surface area contributed by atoms with Crippen LogP contribution in [-0.2, 0) is 10.9 Å². The molecule has 0 aromatic heterocycles. The largest absolute Gasteiger partial charge is 0.443 e. The van der Waals surface area contributed by atoms with E-state index in [0.29, 0.717) is 32.4 Å². The Kier molecular flexibility index (Phi) is 4.64. The van der Waals surface area contributed by atoms with E-state index in [9.17, 15) is 18.3 Å². The first-order valence-corrected chi connectivity index (χ1v) is 8.16. The number of aliphatic hydroxyl groups is 1. The first-order valence-electron chi connectivity index (χ1n) is 8.16. The minimum Gasteiger partial charge on any atom is -0.443 e. The SMILES string of the molecule is CCC1(O)CCN(c2ccc(C3=NNC=CO3)cc2C(F)(F)F)CC1. The maximum Gasteiger partial charge on any atom is 0.418 e. The van der Waals surface area contributed by atoms with Crippen molar-refractivity contribution in [3.8, 4) is 0 Å². The molecular weight excluding hydrogens is 335 g/mol. The molecule has 1 aromatic rings. The van der Waals surface area contributed by atoms with Gasteiger partial charge < -0.3 is 14.7 Å². The van der Waals surface area contributed by atoms with Gasteiger partial charge in [0.25, 0.3) is 0 Å². The minimum absolute atomic E-state index is 0.0820. The average molecular weight is 355 g/mol. The van der Waals surface area contributed by atoms with Gasteiger partial charge in [-0.2, -0.15) is 13.2 Å². The van der Waals surface area contributed by atoms with E-state index in [4.69, 9.17) is 4.74 Å². The van der Waals surface area contributed by atoms with Crippen LogP contribution < -0.4 is 10.3 Å². The summed E-state index contributed by atoms with van der Waals surface area (Å²) in [6.45, 7) is 2.65. The fraction of sp³-hybridized carbons (Fsp3) is 0.471. The number of rotatable bonds is 3. The monoisotopic (exact) mass is 355 g/mol. The van der Waals surface area contributed by atoms with E-state index in [1.54, 1.807) is 11.0 Å². The summed E-state index contributed by atoms with van der Waals surface area (Å²) in [6, 6.07) is 4.05. The Morgan fingerprint density at radius 1 is 1.32 bits per heavy atom. The summed E-state index contributed by atoms with van der Waals surface area (Å²) in [5.41, 5.74) is 1.40. The van der Waals surface area contributed by atoms with Crippen molar-refractivity contribution in [1.82, 2.24) is 5.43 Å². The van der Waals surface area contributed by atoms with Gasteiger partial charge in [-0.1, -0.05) is 6.92 Å². The zero-order valence-corrected chi connectivity index (χ0v) is 13.8. The summed E-state index contributed by atoms with van der Waals surface area (Å²) >= 11 is 0. The predicted octanol–water partition coefficient (Wildman–Crippen LogP) is 3.20. The molecule has 0 spiro atoms. The summed E-state index contributed by atoms with van der Waals surface area (Å²) < 4.78 is 45.9. The number of hydrogen-bond acceptors (Lipinski definition) is 5. The smallest absolute Gasteiger partial charge is 0.418 e. The number of alkyl halides is 3. The molecule has 1 fully saturated rings. The van der Waals surface area contributed by atoms with Gasteiger partial charge >= 0.3 is 6.18 Å². The number of hydrazone groups is 1. The lowest BCUT2D eigenvalue weighted by atomic mass is 9.88. The number of benzene rings is 1. The molecule has 8 heteroatoms. The third-order valence-electron chi connectivity index (χ3n) is 4.73. The topological polar surface area (TPSA) is 57.1 Å². The fourth-order valence-electron chi connectivity index (χ4n) is 3.07. The average Bonchev–Trinajstić information content (AvgIpc) is 2.62. The Labute approximate surface area is 143 Å². The van der Waals surface area contributed by atoms with Gasteiger partial charge in [-0.15, -0.1) is 5.10 Å². The van der Waals surface area contributed by atoms with Crippen molar-refractivity contribution >= 4 is 11.6 Å². The number of ether oxygens (including phenoxy) is 1. The van der Waals surface area contributed by atoms with Crippen molar-refractivity contribution in [3.05, 3.63) is 41.8 Å². The molecule has 2 aliphatic heterocycles. The van der Waals surface area contributed by atoms with Crippen molar-refractivity contribution in [2.75, 3.05) is 18.0 Å². The molecule has 25 heavy (non-hydrogen) atoms. The summed E-state index contributed by atoms with van der Waals surface area (Å²) in [5.74, 6) is 0.0820. The highest BCUT2D eigenvalue weighted by Gasteiger charge is 2.38. The van der Waals surface area contributed by atoms with Gasteiger partial charge in [0.15, 0.2) is 0 Å². The molecule has 3 rings (SSSR count). The van der Waals surface area contributed by atoms with Crippen LogP contribution in [0.5, 0.6) is 0 Å². The van der Waals surface area contributed by atoms with Crippen LogP contribution in [0.1, 0.15) is 37.3 Å². The van der Waals surface area contributed by atoms with Crippen molar-refractivity contribution in [2.24, 2.45) is 5.10 Å². The van der Waals surface area contributed by atoms with Gasteiger partial charge in [-0.3, -0.25) is 5.43 Å². The van der Waals surface area contributed by atoms with Crippen LogP contribution in [-0.4, -0.2) is 29.7 Å². The first-order chi connectivity index (χ1) is 11.8. The standard InChI is InChI=1S/C17H20F3N3O2/c1-2-16(24)5-8-23(9-6-16)14-4-3-12(11-13(14)17(18,19)20)15-22-21-7-10-25-15/h3-4,7,10-11,21,24H,2,5-6,8-9H2,1H3. The second-order valence-corrected chi connectivity index (χ2v) is 6.26. The molecule has 1 aromatic carbocycles. The van der Waals surface area contributed by atoms with Gasteiger partial charge in [0, 0.05) is 24.3 Å². The van der Waals surface area contributed by atoms with E-state index in [1.807, 2.05) is 6.92 Å². The number of nitrogens with zero attached hydrogens (tertiary/aromatic N) is 2. The molecule has 0 saturated carbocycles. The van der Waals surface area contributed by atoms with Crippen molar-refractivity contribution in [1.29, 1.82) is 0 Å². The molecule has 2 heterocycles. The lowest BCUT2D eigenvalue weighted by Gasteiger charge is -2.39. The van der Waals surface area contributed by atoms with Gasteiger partial charge in [0.2, 0.25) is 5.90 Å². The van der Waals surface area contributed by atoms with Crippen molar-refractivity contribution in [3.63, 3.8) is 0 Å². The molecule has 136 valence electrons. The third-order valence-corrected chi connectivity index (χ3v) is 4.73. The molecule has 5 nitrogen and oxygen atoms in total. The van der Waals surface area contributed by atoms with Gasteiger partial charge in [-0.05, 0) is 37.5 Å². The molecule has 0 atom stereocenters. The van der Waals surface area contributed by atoms with E-state index in [0.717, 1.165) is 6.07 Å². The molecule has 0 radical (unpaired) electrons. The van der Waals surface area contributed by atoms with Crippen LogP contribution in [0.4, 0.5) is 18.9 Å². The summed E-state index contributed by atoms with van der Waals surface area (Å²) in [4.78, 5) is 1.68. The minimum atomic E-state index is -4.50. The molecule has 0 bridgehead atoms. The van der Waals surface area contributed by atoms with Crippen molar-refractivity contribution in [2.45, 2.75) is 38.0 Å². The lowest BCUT2D eigenvalue weighted by molar-refractivity contribution is -0.137. The second kappa shape index (κ2) is 6.59. The highest BCUT2D eigenvalue weighted by atomic mass is 19.4. The Morgan fingerprint density at radius 3 is 2.60 bits per heavy atom. The summed E-state index contributed by atoms with van der Waals surface area (Å²) in [7, 11) is 0. The van der Waals surface area contributed by atoms with E-state index in [1.165, 1.54) is 18.5 Å². The number of halogens is 3. The molecule has 2 aliphatic rings. The van der Waals surface area contributed by atoms with Crippen LogP contribution in [0.15, 0.2) is 35.8 Å². The Hall–Kier alpha value is -2.22. The third kappa shape index (κ3) is 3.73. The van der Waals surface area contributed by atoms with Crippen LogP contribution >= 0.6 is 0 Å². The van der Waals surface area contributed by atoms with Crippen LogP contribution in [0.3, 0.4) is 0 Å². The number of hydrogen-bond donors (Lipinski definition) is 2. The molecule has 2 N–H and O–H groups in total. The normalized spacial score (nSPS) is 19.9. The Morgan fingerprint density at radius 2 is 2.04 bits per heavy atom. The van der Waals surface area contributed by atoms with E-state index >= 15 is 0 Å². The second-order valence-electron chi connectivity index (χ2n) is 6.26. The summed E-state index contributed by atoms with van der Waals surface area (Å²) in [5, 5.41) is 14.1. The Balaban J connectivity index is 1.90. The summed E-state index contributed by atoms with van der Waals surface area (Å²) in [6.07, 6.45) is -0.239. The van der Waals surface area contributed by atoms with E-state index in [2.05, 4.69) is 10.5 Å². The van der Waals surface area contributed by atoms with Crippen LogP contribution in [0.25, 0.3) is 0 Å². The first kappa shape index (κ1) is 17.6. The molecule has 0 amide bonds. The predicted molar refractivity (Wildman–Crippen MR) is 88.0 cm³/mol. The molecule has 1 saturated heterocycles. The number of piperidine rings is 1. The molecule has 0 aliphatic carbocycles. The van der Waals surface area contributed by atoms with Gasteiger partial charge in [0.1, 0.15) is 6.26 Å². The van der Waals surface area contributed by atoms with Gasteiger partial charge in [-0.25, -0.2) is 0 Å². The maximum atomic E-state index is 13.6. The lowest BCUT2D eigenvalue weighted by Crippen LogP contribution is -2.44. The van der Waals surface area contributed by atoms with Gasteiger partial charge in [0.05, 0.1) is 17.4 Å². The number of anilines is 1. The molecule has 0 unspecified atom stereocenters. The Bertz CT molecular complexity index is 693. The molecular formula is C17H20F3N3O2. The zero-order chi connectivity index (χ0) is 18.1. The number of nitrogens with one attached hydrogen (secondary N) is 1. The quantitative estimate of drug-likeness (QED) is 0.874. The highest BCUT2D eigenvalue weighted by Crippen LogP contribution is 2.39. The van der Waals surface area contributed by atoms with E-state index in [-0.39, 0.29) is 17.1 Å². The zero-order valence-electron chi connectivity index (χ0n) is 13.8. The maximum absolute atomic E-state index is 13.6. The van der Waals surface area contributed by atoms with Crippen LogP contribution in [0, 0.1) is 0 Å². The van der Waals surface area contributed by atoms with Crippen molar-refractivity contribution < 1.29 is 23.0 Å². The van der Waals surface area contributed by atoms with Crippen LogP contribution in [0.2, 0.25) is 0 Å². The fourth-order valence-corrected chi connectivity index (χ4v) is 3.07. The highest BCUT2D eigenvalue weighted by molar-refractivity contribution is 5.95. The van der Waals surface area contributed by atoms with E-state index < -0.39 is 17.3 Å².